The Hall–Kier alpha value is -0.260. The van der Waals surface area contributed by atoms with Crippen molar-refractivity contribution in [2.75, 3.05) is 0 Å². The van der Waals surface area contributed by atoms with Gasteiger partial charge in [0.1, 0.15) is 0 Å². The highest BCUT2D eigenvalue weighted by atomic mass is 127. The molecule has 0 aromatic heterocycles. The van der Waals surface area contributed by atoms with Crippen molar-refractivity contribution >= 4 is 56.0 Å². The summed E-state index contributed by atoms with van der Waals surface area (Å²) in [6, 6.07) is 0. The molecule has 0 atom stereocenters. The minimum absolute atomic E-state index is 0.864. The van der Waals surface area contributed by atoms with Gasteiger partial charge in [0, 0.05) is 0 Å². The van der Waals surface area contributed by atoms with Gasteiger partial charge in [-0.15, -0.1) is 0 Å². The Kier molecular flexibility index (Phi) is 3.69. The molecule has 0 aliphatic carbocycles. The minimum atomic E-state index is -1.75. The third-order valence-electron chi connectivity index (χ3n) is 2.28. The molecule has 2 rings (SSSR count). The predicted octanol–water partition coefficient (Wildman–Crippen LogP) is 4.88. The number of hydrogen-bond acceptors (Lipinski definition) is 0. The molecule has 0 radical (unpaired) electrons. The van der Waals surface area contributed by atoms with E-state index in [2.05, 4.69) is 0 Å². The van der Waals surface area contributed by atoms with Crippen LogP contribution in [0.2, 0.25) is 0 Å². The maximum Gasteiger partial charge on any atom is 0.175 e. The highest BCUT2D eigenvalue weighted by Gasteiger charge is 2.28. The van der Waals surface area contributed by atoms with Gasteiger partial charge in [-0.1, -0.05) is 0 Å². The van der Waals surface area contributed by atoms with Crippen LogP contribution in [0.3, 0.4) is 0 Å². The largest absolute Gasteiger partial charge is 0.205 e. The zero-order chi connectivity index (χ0) is 13.8. The first-order chi connectivity index (χ1) is 8.29. The molecule has 2 aromatic carbocycles. The molecule has 0 spiro atoms. The summed E-state index contributed by atoms with van der Waals surface area (Å²) >= 11 is 2.18. The molecule has 0 amide bonds. The summed E-state index contributed by atoms with van der Waals surface area (Å²) < 4.78 is 79.0. The first-order valence-electron chi connectivity index (χ1n) is 4.26. The van der Waals surface area contributed by atoms with E-state index in [9.17, 15) is 26.3 Å². The van der Waals surface area contributed by atoms with Gasteiger partial charge in [-0.2, -0.15) is 0 Å². The number of benzene rings is 2. The molecule has 0 aliphatic rings. The van der Waals surface area contributed by atoms with Gasteiger partial charge < -0.3 is 0 Å². The van der Waals surface area contributed by atoms with E-state index in [1.54, 1.807) is 0 Å². The van der Waals surface area contributed by atoms with Gasteiger partial charge in [0.2, 0.25) is 0 Å². The molecular weight excluding hydrogens is 488 g/mol. The standard InChI is InChI=1S/C10F6I2/c11-3-1-2(6(14)10(18)7(3)15)4(12)8(16)9(17)5(1)13. The Morgan fingerprint density at radius 2 is 0.722 bits per heavy atom. The normalized spacial score (nSPS) is 11.3. The van der Waals surface area contributed by atoms with Gasteiger partial charge in [0.05, 0.1) is 17.9 Å². The molecule has 8 heteroatoms. The van der Waals surface area contributed by atoms with Crippen molar-refractivity contribution in [3.63, 3.8) is 0 Å². The average molecular weight is 488 g/mol. The van der Waals surface area contributed by atoms with E-state index >= 15 is 0 Å². The van der Waals surface area contributed by atoms with Crippen LogP contribution in [0, 0.1) is 42.0 Å². The van der Waals surface area contributed by atoms with E-state index in [0.717, 1.165) is 45.2 Å². The molecule has 0 N–H and O–H groups in total. The Morgan fingerprint density at radius 3 is 1.00 bits per heavy atom. The third kappa shape index (κ3) is 1.79. The average Bonchev–Trinajstić information content (AvgIpc) is 2.35. The van der Waals surface area contributed by atoms with Crippen molar-refractivity contribution in [3.05, 3.63) is 42.0 Å². The van der Waals surface area contributed by atoms with E-state index in [0.29, 0.717) is 0 Å². The zero-order valence-electron chi connectivity index (χ0n) is 8.02. The van der Waals surface area contributed by atoms with Crippen LogP contribution in [0.4, 0.5) is 26.3 Å². The molecule has 18 heavy (non-hydrogen) atoms. The highest BCUT2D eigenvalue weighted by molar-refractivity contribution is 14.1. The number of rotatable bonds is 0. The molecule has 0 nitrogen and oxygen atoms in total. The Labute approximate surface area is 124 Å². The molecule has 2 aromatic rings. The van der Waals surface area contributed by atoms with Gasteiger partial charge >= 0.3 is 0 Å². The van der Waals surface area contributed by atoms with Crippen LogP contribution in [0.5, 0.6) is 0 Å². The molecule has 0 saturated heterocycles. The second-order valence-electron chi connectivity index (χ2n) is 3.26. The summed E-state index contributed by atoms with van der Waals surface area (Å²) in [5.41, 5.74) is 0. The number of halogens is 8. The van der Waals surface area contributed by atoms with E-state index in [-0.39, 0.29) is 0 Å². The number of hydrogen-bond donors (Lipinski definition) is 0. The van der Waals surface area contributed by atoms with Crippen molar-refractivity contribution in [3.8, 4) is 0 Å². The first-order valence-corrected chi connectivity index (χ1v) is 6.42. The SMILES string of the molecule is Fc1c(I)c(F)c2c(F)c(F)c(I)c(F)c2c1F. The smallest absolute Gasteiger partial charge is 0.175 e. The van der Waals surface area contributed by atoms with Gasteiger partial charge in [-0.05, 0) is 45.2 Å². The van der Waals surface area contributed by atoms with E-state index in [1.165, 1.54) is 0 Å². The van der Waals surface area contributed by atoms with Crippen molar-refractivity contribution in [2.45, 2.75) is 0 Å². The minimum Gasteiger partial charge on any atom is -0.205 e. The molecule has 0 unspecified atom stereocenters. The van der Waals surface area contributed by atoms with Crippen molar-refractivity contribution in [1.29, 1.82) is 0 Å². The summed E-state index contributed by atoms with van der Waals surface area (Å²) in [6.07, 6.45) is 0. The lowest BCUT2D eigenvalue weighted by Crippen LogP contribution is -2.05. The molecule has 0 saturated carbocycles. The molecule has 0 fully saturated rings. The maximum absolute atomic E-state index is 13.6. The molecular formula is C10F6I2. The van der Waals surface area contributed by atoms with Gasteiger partial charge in [-0.3, -0.25) is 0 Å². The number of fused-ring (bicyclic) bond motifs is 1. The van der Waals surface area contributed by atoms with Crippen LogP contribution in [-0.2, 0) is 0 Å². The fraction of sp³-hybridized carbons (Fsp3) is 0. The van der Waals surface area contributed by atoms with Crippen LogP contribution in [-0.4, -0.2) is 0 Å². The zero-order valence-corrected chi connectivity index (χ0v) is 12.3. The molecule has 0 heterocycles. The van der Waals surface area contributed by atoms with Crippen molar-refractivity contribution in [2.24, 2.45) is 0 Å². The lowest BCUT2D eigenvalue weighted by Gasteiger charge is -2.10. The fourth-order valence-electron chi connectivity index (χ4n) is 1.46. The van der Waals surface area contributed by atoms with Crippen LogP contribution in [0.1, 0.15) is 0 Å². The van der Waals surface area contributed by atoms with Gasteiger partial charge in [-0.25, -0.2) is 26.3 Å². The molecule has 0 bridgehead atoms. The Bertz CT molecular complexity index is 569. The quantitative estimate of drug-likeness (QED) is 0.215. The Morgan fingerprint density at radius 1 is 0.444 bits per heavy atom. The van der Waals surface area contributed by atoms with Crippen LogP contribution >= 0.6 is 45.2 Å². The highest BCUT2D eigenvalue weighted by Crippen LogP contribution is 2.35. The second-order valence-corrected chi connectivity index (χ2v) is 5.42. The summed E-state index contributed by atoms with van der Waals surface area (Å²) in [4.78, 5) is 0. The van der Waals surface area contributed by atoms with E-state index < -0.39 is 52.8 Å². The van der Waals surface area contributed by atoms with Crippen LogP contribution in [0.15, 0.2) is 0 Å². The second kappa shape index (κ2) is 4.69. The van der Waals surface area contributed by atoms with E-state index in [4.69, 9.17) is 0 Å². The van der Waals surface area contributed by atoms with E-state index in [1.807, 2.05) is 0 Å². The van der Waals surface area contributed by atoms with Crippen molar-refractivity contribution < 1.29 is 26.3 Å². The maximum atomic E-state index is 13.6. The lowest BCUT2D eigenvalue weighted by molar-refractivity contribution is 0.472. The van der Waals surface area contributed by atoms with Crippen LogP contribution < -0.4 is 0 Å². The summed E-state index contributed by atoms with van der Waals surface area (Å²) in [6.45, 7) is 0. The van der Waals surface area contributed by atoms with Crippen LogP contribution in [0.25, 0.3) is 10.8 Å². The summed E-state index contributed by atoms with van der Waals surface area (Å²) in [7, 11) is 0. The van der Waals surface area contributed by atoms with Gasteiger partial charge in [0.25, 0.3) is 0 Å². The summed E-state index contributed by atoms with van der Waals surface area (Å²) in [5, 5.41) is -2.46. The molecule has 0 aliphatic heterocycles. The third-order valence-corrected chi connectivity index (χ3v) is 4.18. The fourth-order valence-corrected chi connectivity index (χ4v) is 2.47. The Balaban J connectivity index is 3.22. The predicted molar refractivity (Wildman–Crippen MR) is 69.1 cm³/mol. The summed E-state index contributed by atoms with van der Waals surface area (Å²) in [5.74, 6) is -9.83. The topological polar surface area (TPSA) is 0 Å². The molecule has 96 valence electrons. The lowest BCUT2D eigenvalue weighted by atomic mass is 10.1. The monoisotopic (exact) mass is 488 g/mol. The van der Waals surface area contributed by atoms with Gasteiger partial charge in [0.15, 0.2) is 34.9 Å². The first kappa shape index (κ1) is 14.2. The van der Waals surface area contributed by atoms with Crippen molar-refractivity contribution in [1.82, 2.24) is 0 Å².